The molecular formula is C18H24O2. The van der Waals surface area contributed by atoms with Crippen molar-refractivity contribution in [2.75, 3.05) is 0 Å². The molecule has 2 atom stereocenters. The predicted octanol–water partition coefficient (Wildman–Crippen LogP) is 4.17. The van der Waals surface area contributed by atoms with Crippen molar-refractivity contribution < 1.29 is 9.90 Å². The third-order valence-electron chi connectivity index (χ3n) is 5.38. The lowest BCUT2D eigenvalue weighted by Crippen LogP contribution is -2.18. The maximum Gasteiger partial charge on any atom is 0.310 e. The molecule has 0 amide bonds. The molecule has 0 unspecified atom stereocenters. The monoisotopic (exact) mass is 272 g/mol. The van der Waals surface area contributed by atoms with Gasteiger partial charge in [0.1, 0.15) is 0 Å². The molecule has 0 aliphatic heterocycles. The second-order valence-corrected chi connectivity index (χ2v) is 6.65. The van der Waals surface area contributed by atoms with Gasteiger partial charge < -0.3 is 5.11 Å². The van der Waals surface area contributed by atoms with E-state index in [4.69, 9.17) is 5.11 Å². The molecule has 1 fully saturated rings. The van der Waals surface area contributed by atoms with Crippen molar-refractivity contribution >= 4 is 5.97 Å². The van der Waals surface area contributed by atoms with Crippen LogP contribution in [0.2, 0.25) is 0 Å². The Balaban J connectivity index is 1.74. The molecule has 108 valence electrons. The molecule has 1 saturated carbocycles. The zero-order valence-electron chi connectivity index (χ0n) is 12.3. The third-order valence-corrected chi connectivity index (χ3v) is 5.38. The van der Waals surface area contributed by atoms with Crippen molar-refractivity contribution in [3.63, 3.8) is 0 Å². The normalized spacial score (nSPS) is 24.4. The molecule has 0 radical (unpaired) electrons. The molecule has 20 heavy (non-hydrogen) atoms. The maximum atomic E-state index is 11.1. The second kappa shape index (κ2) is 5.59. The van der Waals surface area contributed by atoms with Crippen LogP contribution in [0.15, 0.2) is 18.2 Å². The van der Waals surface area contributed by atoms with Gasteiger partial charge in [0, 0.05) is 0 Å². The van der Waals surface area contributed by atoms with Crippen LogP contribution in [0.1, 0.15) is 61.6 Å². The molecule has 1 N–H and O–H groups in total. The van der Waals surface area contributed by atoms with E-state index >= 15 is 0 Å². The van der Waals surface area contributed by atoms with E-state index in [1.165, 1.54) is 56.1 Å². The first-order valence-corrected chi connectivity index (χ1v) is 7.99. The van der Waals surface area contributed by atoms with Crippen molar-refractivity contribution in [3.05, 3.63) is 34.9 Å². The lowest BCUT2D eigenvalue weighted by Gasteiger charge is -2.27. The molecule has 0 saturated heterocycles. The van der Waals surface area contributed by atoms with Crippen molar-refractivity contribution in [2.24, 2.45) is 11.8 Å². The number of carbonyl (C=O) groups is 1. The van der Waals surface area contributed by atoms with E-state index in [9.17, 15) is 4.79 Å². The highest BCUT2D eigenvalue weighted by molar-refractivity contribution is 5.75. The summed E-state index contributed by atoms with van der Waals surface area (Å²) in [7, 11) is 0. The number of aliphatic carboxylic acids is 1. The van der Waals surface area contributed by atoms with E-state index in [0.29, 0.717) is 0 Å². The Hall–Kier alpha value is -1.31. The van der Waals surface area contributed by atoms with Gasteiger partial charge in [0.15, 0.2) is 0 Å². The van der Waals surface area contributed by atoms with Gasteiger partial charge in [-0.3, -0.25) is 4.79 Å². The van der Waals surface area contributed by atoms with Crippen molar-refractivity contribution in [1.29, 1.82) is 0 Å². The van der Waals surface area contributed by atoms with Crippen molar-refractivity contribution in [2.45, 2.75) is 57.8 Å². The van der Waals surface area contributed by atoms with Gasteiger partial charge in [-0.2, -0.15) is 0 Å². The van der Waals surface area contributed by atoms with Crippen LogP contribution < -0.4 is 0 Å². The average Bonchev–Trinajstić information content (AvgIpc) is 2.90. The highest BCUT2D eigenvalue weighted by Crippen LogP contribution is 2.39. The van der Waals surface area contributed by atoms with E-state index in [2.05, 4.69) is 12.1 Å². The summed E-state index contributed by atoms with van der Waals surface area (Å²) in [5.74, 6) is 0.581. The molecule has 2 nitrogen and oxygen atoms in total. The lowest BCUT2D eigenvalue weighted by atomic mass is 9.79. The maximum absolute atomic E-state index is 11.1. The summed E-state index contributed by atoms with van der Waals surface area (Å²) in [4.78, 5) is 11.1. The fourth-order valence-corrected chi connectivity index (χ4v) is 4.02. The van der Waals surface area contributed by atoms with E-state index in [1.807, 2.05) is 6.07 Å². The minimum Gasteiger partial charge on any atom is -0.481 e. The molecule has 2 aliphatic rings. The van der Waals surface area contributed by atoms with E-state index in [-0.39, 0.29) is 0 Å². The van der Waals surface area contributed by atoms with Crippen molar-refractivity contribution in [1.82, 2.24) is 0 Å². The summed E-state index contributed by atoms with van der Waals surface area (Å²) in [5.41, 5.74) is 3.83. The van der Waals surface area contributed by atoms with Gasteiger partial charge in [-0.15, -0.1) is 0 Å². The molecule has 0 bridgehead atoms. The quantitative estimate of drug-likeness (QED) is 0.896. The zero-order valence-corrected chi connectivity index (χ0v) is 12.3. The summed E-state index contributed by atoms with van der Waals surface area (Å²) in [6.07, 6.45) is 9.39. The number of hydrogen-bond acceptors (Lipinski definition) is 1. The minimum atomic E-state index is -0.730. The van der Waals surface area contributed by atoms with E-state index < -0.39 is 11.9 Å². The first-order valence-electron chi connectivity index (χ1n) is 7.99. The average molecular weight is 272 g/mol. The van der Waals surface area contributed by atoms with E-state index in [1.54, 1.807) is 6.92 Å². The molecular weight excluding hydrogens is 248 g/mol. The molecule has 1 aromatic rings. The minimum absolute atomic E-state index is 0.394. The zero-order chi connectivity index (χ0) is 14.1. The summed E-state index contributed by atoms with van der Waals surface area (Å²) in [5, 5.41) is 9.14. The predicted molar refractivity (Wildman–Crippen MR) is 80.0 cm³/mol. The lowest BCUT2D eigenvalue weighted by molar-refractivity contribution is -0.138. The van der Waals surface area contributed by atoms with Gasteiger partial charge in [-0.1, -0.05) is 50.3 Å². The third kappa shape index (κ3) is 2.61. The smallest absolute Gasteiger partial charge is 0.310 e. The molecule has 2 aliphatic carbocycles. The van der Waals surface area contributed by atoms with E-state index in [0.717, 1.165) is 17.4 Å². The van der Waals surface area contributed by atoms with Gasteiger partial charge in [0.25, 0.3) is 0 Å². The largest absolute Gasteiger partial charge is 0.481 e. The molecule has 0 spiro atoms. The molecule has 3 rings (SSSR count). The standard InChI is InChI=1S/C18H24O2/c1-12(18(19)20)14-7-8-15-10-16(11-17(15)9-14)13-5-3-2-4-6-13/h7-9,12-13,16H,2-6,10-11H2,1H3,(H,19,20)/t12-,16+/m1/s1. The topological polar surface area (TPSA) is 37.3 Å². The van der Waals surface area contributed by atoms with Crippen LogP contribution >= 0.6 is 0 Å². The Morgan fingerprint density at radius 3 is 2.50 bits per heavy atom. The molecule has 2 heteroatoms. The Bertz CT molecular complexity index is 500. The Kier molecular flexibility index (Phi) is 3.82. The Labute approximate surface area is 121 Å². The van der Waals surface area contributed by atoms with Crippen LogP contribution in [0.5, 0.6) is 0 Å². The van der Waals surface area contributed by atoms with Gasteiger partial charge >= 0.3 is 5.97 Å². The summed E-state index contributed by atoms with van der Waals surface area (Å²) in [6.45, 7) is 1.78. The van der Waals surface area contributed by atoms with Crippen LogP contribution in [-0.2, 0) is 17.6 Å². The Morgan fingerprint density at radius 2 is 1.80 bits per heavy atom. The molecule has 1 aromatic carbocycles. The highest BCUT2D eigenvalue weighted by Gasteiger charge is 2.30. The molecule has 0 aromatic heterocycles. The van der Waals surface area contributed by atoms with Crippen LogP contribution in [0.3, 0.4) is 0 Å². The summed E-state index contributed by atoms with van der Waals surface area (Å²) in [6, 6.07) is 6.34. The first-order chi connectivity index (χ1) is 9.65. The number of benzene rings is 1. The Morgan fingerprint density at radius 1 is 1.10 bits per heavy atom. The van der Waals surface area contributed by atoms with Gasteiger partial charge in [0.2, 0.25) is 0 Å². The van der Waals surface area contributed by atoms with Gasteiger partial charge in [0.05, 0.1) is 5.92 Å². The number of rotatable bonds is 3. The van der Waals surface area contributed by atoms with Crippen LogP contribution in [-0.4, -0.2) is 11.1 Å². The van der Waals surface area contributed by atoms with Gasteiger partial charge in [-0.05, 0) is 48.3 Å². The first kappa shape index (κ1) is 13.7. The fraction of sp³-hybridized carbons (Fsp3) is 0.611. The summed E-state index contributed by atoms with van der Waals surface area (Å²) >= 11 is 0. The number of fused-ring (bicyclic) bond motifs is 1. The summed E-state index contributed by atoms with van der Waals surface area (Å²) < 4.78 is 0. The number of hydrogen-bond donors (Lipinski definition) is 1. The SMILES string of the molecule is C[C@@H](C(=O)O)c1ccc2c(c1)C[C@@H](C1CCCCC1)C2. The van der Waals surface area contributed by atoms with Gasteiger partial charge in [-0.25, -0.2) is 0 Å². The van der Waals surface area contributed by atoms with Crippen LogP contribution in [0.25, 0.3) is 0 Å². The highest BCUT2D eigenvalue weighted by atomic mass is 16.4. The number of carboxylic acid groups (broad SMARTS) is 1. The van der Waals surface area contributed by atoms with Crippen LogP contribution in [0.4, 0.5) is 0 Å². The number of carboxylic acids is 1. The second-order valence-electron chi connectivity index (χ2n) is 6.65. The molecule has 0 heterocycles. The fourth-order valence-electron chi connectivity index (χ4n) is 4.02. The van der Waals surface area contributed by atoms with Crippen molar-refractivity contribution in [3.8, 4) is 0 Å². The van der Waals surface area contributed by atoms with Crippen LogP contribution in [0, 0.1) is 11.8 Å².